The number of quaternary nitrogens is 1. The van der Waals surface area contributed by atoms with Gasteiger partial charge in [0.2, 0.25) is 5.91 Å². The third-order valence-electron chi connectivity index (χ3n) is 1.52. The van der Waals surface area contributed by atoms with Gasteiger partial charge < -0.3 is 10.6 Å². The van der Waals surface area contributed by atoms with E-state index in [1.807, 2.05) is 5.32 Å². The Balaban J connectivity index is 0.000000728. The molecule has 0 saturated carbocycles. The number of likely N-dealkylation sites (tertiary alicyclic amines) is 1. The smallest absolute Gasteiger partial charge is 0.314 e. The van der Waals surface area contributed by atoms with Gasteiger partial charge in [-0.15, -0.1) is 0 Å². The van der Waals surface area contributed by atoms with Gasteiger partial charge in [-0.2, -0.15) is 0 Å². The second-order valence-electron chi connectivity index (χ2n) is 2.72. The molecule has 1 atom stereocenters. The molecular weight excluding hydrogens is 223 g/mol. The zero-order valence-electron chi connectivity index (χ0n) is 24.8. The Morgan fingerprint density at radius 3 is 2.76 bits per heavy atom. The predicted molar refractivity (Wildman–Crippen MR) is 64.0 cm³/mol. The van der Waals surface area contributed by atoms with Gasteiger partial charge in [0.05, 0.1) is 26.7 Å². The van der Waals surface area contributed by atoms with Crippen LogP contribution in [0, 0.1) is 0 Å². The van der Waals surface area contributed by atoms with E-state index in [9.17, 15) is 14.4 Å². The van der Waals surface area contributed by atoms with E-state index >= 15 is 0 Å². The van der Waals surface area contributed by atoms with Crippen molar-refractivity contribution in [2.75, 3.05) is 34.0 Å². The van der Waals surface area contributed by atoms with Crippen LogP contribution >= 0.6 is 0 Å². The zero-order chi connectivity index (χ0) is 27.2. The quantitative estimate of drug-likeness (QED) is 0.507. The second kappa shape index (κ2) is 7.01. The van der Waals surface area contributed by atoms with Crippen LogP contribution < -0.4 is 10.6 Å². The zero-order valence-corrected chi connectivity index (χ0v) is 8.83. The van der Waals surface area contributed by atoms with Gasteiger partial charge in [0.25, 0.3) is 5.91 Å². The Hall–Kier alpha value is -1.43. The Morgan fingerprint density at radius 1 is 1.65 bits per heavy atom. The molecule has 1 rings (SSSR count). The third kappa shape index (κ3) is 5.44. The summed E-state index contributed by atoms with van der Waals surface area (Å²) in [6.45, 7) is -14.2. The van der Waals surface area contributed by atoms with E-state index in [0.29, 0.717) is 0 Å². The fraction of sp³-hybridized carbons (Fsp3) is 0.727. The highest BCUT2D eigenvalue weighted by Gasteiger charge is 2.38. The molecule has 17 heavy (non-hydrogen) atoms. The number of amides is 3. The lowest BCUT2D eigenvalue weighted by atomic mass is 10.4. The Labute approximate surface area is 124 Å². The number of carbonyl (C=O) groups excluding carboxylic acids is 3. The lowest BCUT2D eigenvalue weighted by molar-refractivity contribution is -0.817. The van der Waals surface area contributed by atoms with E-state index in [0.717, 1.165) is 7.05 Å². The molecule has 1 aliphatic rings. The van der Waals surface area contributed by atoms with Crippen LogP contribution in [-0.2, 0) is 14.4 Å². The first kappa shape index (κ1) is 3.54. The number of carbonyl (C=O) groups is 3. The molecule has 0 bridgehead atoms. The topological polar surface area (TPSA) is 75.3 Å². The monoisotopic (exact) mass is 261 g/mol. The van der Waals surface area contributed by atoms with Crippen LogP contribution in [0.1, 0.15) is 40.2 Å². The van der Waals surface area contributed by atoms with Gasteiger partial charge in [-0.05, 0) is 0 Å². The van der Waals surface area contributed by atoms with Crippen molar-refractivity contribution in [3.8, 4) is 0 Å². The van der Waals surface area contributed by atoms with Crippen LogP contribution in [0.2, 0.25) is 1.41 Å². The minimum atomic E-state index is -3.45. The fourth-order valence-electron chi connectivity index (χ4n) is 0.729. The Kier molecular flexibility index (Phi) is 1.46. The van der Waals surface area contributed by atoms with Gasteiger partial charge in [0.15, 0.2) is 7.96 Å². The molecule has 1 heterocycles. The molecule has 1 saturated heterocycles. The van der Waals surface area contributed by atoms with E-state index in [2.05, 4.69) is 0 Å². The standard InChI is InChI=1S/C8H14N2O2.C3H7NO/c1-9-7(11)6-10(2)5-3-4-8(10)12;1-3(5)4-2/h3-6H2,1-2H3;1-2H3,(H,4,5)/p+1/i2D3,3D2,4D2,5D2,9+1;1D3,2D3/hD. The molecule has 1 aliphatic heterocycles. The van der Waals surface area contributed by atoms with Crippen molar-refractivity contribution in [1.82, 2.24) is 10.6 Å². The van der Waals surface area contributed by atoms with E-state index in [-0.39, 0.29) is 0 Å². The van der Waals surface area contributed by atoms with Gasteiger partial charge in [0.1, 0.15) is 0 Å². The molecule has 1 fully saturated rings. The molecule has 0 aromatic carbocycles. The molecular formula is C11H22N3O3+. The lowest BCUT2D eigenvalue weighted by Gasteiger charge is -2.24. The van der Waals surface area contributed by atoms with Crippen LogP contribution in [-0.4, -0.2) is 56.2 Å². The van der Waals surface area contributed by atoms with Gasteiger partial charge in [0, 0.05) is 41.0 Å². The Bertz CT molecular complexity index is 785. The summed E-state index contributed by atoms with van der Waals surface area (Å²) in [6, 6.07) is 0. The van der Waals surface area contributed by atoms with Gasteiger partial charge >= 0.3 is 5.91 Å². The highest BCUT2D eigenvalue weighted by molar-refractivity contribution is 5.80. The van der Waals surface area contributed by atoms with Gasteiger partial charge in [-0.1, -0.05) is 0 Å². The number of likely N-dealkylation sites (N-methyl/N-ethyl adjacent to an activating group) is 2. The van der Waals surface area contributed by atoms with Crippen LogP contribution in [0.4, 0.5) is 0 Å². The minimum Gasteiger partial charge on any atom is -0.359 e. The summed E-state index contributed by atoms with van der Waals surface area (Å²) < 4.78 is 112. The van der Waals surface area contributed by atoms with Crippen molar-refractivity contribution >= 4 is 17.7 Å². The van der Waals surface area contributed by atoms with E-state index < -0.39 is 74.1 Å². The molecule has 0 aromatic rings. The largest absolute Gasteiger partial charge is 0.359 e. The average Bonchev–Trinajstić information content (AvgIpc) is 2.68. The van der Waals surface area contributed by atoms with Gasteiger partial charge in [-0.25, -0.2) is 4.79 Å². The van der Waals surface area contributed by atoms with E-state index in [1.54, 1.807) is 0 Å². The van der Waals surface area contributed by atoms with E-state index in [1.165, 1.54) is 0 Å². The summed E-state index contributed by atoms with van der Waals surface area (Å²) in [5, 5.41) is 1.52. The first-order valence-electron chi connectivity index (χ1n) is 12.1. The van der Waals surface area contributed by atoms with Crippen molar-refractivity contribution in [3.05, 3.63) is 0 Å². The maximum absolute atomic E-state index is 12.3. The van der Waals surface area contributed by atoms with Crippen LogP contribution in [0.3, 0.4) is 0 Å². The minimum absolute atomic E-state index is 0.514. The highest BCUT2D eigenvalue weighted by atomic mass is 16.2. The summed E-state index contributed by atoms with van der Waals surface area (Å²) in [6.07, 6.45) is -6.81. The Morgan fingerprint density at radius 2 is 2.41 bits per heavy atom. The van der Waals surface area contributed by atoms with Crippen molar-refractivity contribution in [3.63, 3.8) is 0 Å². The van der Waals surface area contributed by atoms with Crippen LogP contribution in [0.5, 0.6) is 0 Å². The van der Waals surface area contributed by atoms with Crippen LogP contribution in [0.15, 0.2) is 0 Å². The maximum atomic E-state index is 12.3. The summed E-state index contributed by atoms with van der Waals surface area (Å²) in [4.78, 5) is 34.4. The number of nitrogens with one attached hydrogen (secondary N) is 2. The molecule has 0 aliphatic carbocycles. The van der Waals surface area contributed by atoms with Crippen molar-refractivity contribution in [2.24, 2.45) is 0 Å². The van der Waals surface area contributed by atoms with E-state index in [4.69, 9.17) is 22.0 Å². The fourth-order valence-corrected chi connectivity index (χ4v) is 0.729. The molecule has 1 unspecified atom stereocenters. The molecule has 2 N–H and O–H groups in total. The van der Waals surface area contributed by atoms with Crippen molar-refractivity contribution in [1.29, 1.82) is 0 Å². The summed E-state index contributed by atoms with van der Waals surface area (Å²) in [5.41, 5.74) is 0. The van der Waals surface area contributed by atoms with Crippen molar-refractivity contribution < 1.29 is 40.8 Å². The number of hydrogen-bond donors (Lipinski definition) is 2. The molecule has 0 spiro atoms. The van der Waals surface area contributed by atoms with Crippen molar-refractivity contribution in [2.45, 2.75) is 19.6 Å². The average molecular weight is 261 g/mol. The SMILES string of the molecule is [2H]C1([2H])C(=O)[N+](CC(=O)[15NH]C)(C([2H])([2H])[2H])C([2H])([2H])C1([2H])[2H].[2H]N(C(=O)C([2H])([2H])[2H])C([2H])([2H])[2H]. The number of hydrogen-bond acceptors (Lipinski definition) is 3. The first-order valence-corrected chi connectivity index (χ1v) is 4.15. The van der Waals surface area contributed by atoms with Crippen LogP contribution in [0.25, 0.3) is 0 Å². The molecule has 0 aromatic heterocycles. The molecule has 6 heteroatoms. The molecule has 0 radical (unpaired) electrons. The number of rotatable bonds is 2. The normalized spacial score (nSPS) is 47.5. The molecule has 98 valence electrons. The molecule has 3 amide bonds. The predicted octanol–water partition coefficient (Wildman–Crippen LogP) is -0.748. The third-order valence-corrected chi connectivity index (χ3v) is 1.52. The summed E-state index contributed by atoms with van der Waals surface area (Å²) in [7, 11) is 1.14. The molecule has 6 nitrogen and oxygen atoms in total. The maximum Gasteiger partial charge on any atom is 0.314 e. The lowest BCUT2D eigenvalue weighted by Crippen LogP contribution is -2.50. The highest BCUT2D eigenvalue weighted by Crippen LogP contribution is 2.17. The second-order valence-corrected chi connectivity index (χ2v) is 2.72. The summed E-state index contributed by atoms with van der Waals surface area (Å²) >= 11 is 0. The number of nitrogens with zero attached hydrogens (tertiary/aromatic N) is 1. The first-order chi connectivity index (χ1) is 14.2. The van der Waals surface area contributed by atoms with Gasteiger partial charge in [-0.3, -0.25) is 14.1 Å². The summed E-state index contributed by atoms with van der Waals surface area (Å²) in [5.74, 6) is -4.54.